The van der Waals surface area contributed by atoms with Gasteiger partial charge in [0.1, 0.15) is 13.2 Å². The molecule has 0 aromatic heterocycles. The third-order valence-electron chi connectivity index (χ3n) is 9.35. The number of phosphoric ester groups is 1. The molecule has 9 heteroatoms. The molecule has 0 bridgehead atoms. The minimum absolute atomic E-state index is 0.0603. The maximum absolute atomic E-state index is 12.7. The van der Waals surface area contributed by atoms with Crippen LogP contribution in [0.5, 0.6) is 0 Å². The lowest BCUT2D eigenvalue weighted by Gasteiger charge is -2.25. The molecule has 306 valence electrons. The van der Waals surface area contributed by atoms with Gasteiger partial charge in [0, 0.05) is 6.42 Å². The fourth-order valence-electron chi connectivity index (χ4n) is 5.89. The topological polar surface area (TPSA) is 105 Å². The molecule has 0 rings (SSSR count). The lowest BCUT2D eigenvalue weighted by molar-refractivity contribution is -0.870. The monoisotopic (exact) mass is 756 g/mol. The zero-order valence-electron chi connectivity index (χ0n) is 34.5. The van der Waals surface area contributed by atoms with Gasteiger partial charge in [-0.3, -0.25) is 13.8 Å². The van der Waals surface area contributed by atoms with Crippen LogP contribution in [0.25, 0.3) is 0 Å². The van der Waals surface area contributed by atoms with E-state index in [1.807, 2.05) is 27.2 Å². The van der Waals surface area contributed by atoms with Gasteiger partial charge in [-0.2, -0.15) is 0 Å². The van der Waals surface area contributed by atoms with Crippen LogP contribution in [0, 0.1) is 0 Å². The van der Waals surface area contributed by atoms with E-state index >= 15 is 0 Å². The molecule has 1 amide bonds. The second-order valence-corrected chi connectivity index (χ2v) is 17.2. The number of rotatable bonds is 38. The minimum Gasteiger partial charge on any atom is -0.387 e. The molecule has 0 aliphatic rings. The Morgan fingerprint density at radius 2 is 1.10 bits per heavy atom. The highest BCUT2D eigenvalue weighted by molar-refractivity contribution is 7.47. The fourth-order valence-corrected chi connectivity index (χ4v) is 6.63. The van der Waals surface area contributed by atoms with Crippen molar-refractivity contribution in [2.24, 2.45) is 0 Å². The van der Waals surface area contributed by atoms with Crippen LogP contribution < -0.4 is 5.32 Å². The van der Waals surface area contributed by atoms with Gasteiger partial charge in [-0.15, -0.1) is 0 Å². The Morgan fingerprint density at radius 1 is 0.654 bits per heavy atom. The Kier molecular flexibility index (Phi) is 34.6. The summed E-state index contributed by atoms with van der Waals surface area (Å²) in [7, 11) is 1.56. The maximum Gasteiger partial charge on any atom is 0.472 e. The molecule has 0 spiro atoms. The van der Waals surface area contributed by atoms with Crippen molar-refractivity contribution >= 4 is 13.7 Å². The van der Waals surface area contributed by atoms with Crippen molar-refractivity contribution < 1.29 is 32.9 Å². The van der Waals surface area contributed by atoms with E-state index in [0.717, 1.165) is 51.4 Å². The Balaban J connectivity index is 4.02. The van der Waals surface area contributed by atoms with Crippen LogP contribution in [0.2, 0.25) is 0 Å². The molecule has 0 aliphatic carbocycles. The zero-order chi connectivity index (χ0) is 38.6. The van der Waals surface area contributed by atoms with Crippen molar-refractivity contribution in [3.05, 3.63) is 36.5 Å². The summed E-state index contributed by atoms with van der Waals surface area (Å²) in [5.41, 5.74) is 0. The highest BCUT2D eigenvalue weighted by atomic mass is 31.2. The Labute approximate surface area is 321 Å². The van der Waals surface area contributed by atoms with Crippen molar-refractivity contribution in [2.75, 3.05) is 40.9 Å². The molecular formula is C43H84N2O6P+. The largest absolute Gasteiger partial charge is 0.472 e. The summed E-state index contributed by atoms with van der Waals surface area (Å²) in [5.74, 6) is -0.186. The predicted octanol–water partition coefficient (Wildman–Crippen LogP) is 11.5. The number of hydrogen-bond donors (Lipinski definition) is 3. The third-order valence-corrected chi connectivity index (χ3v) is 10.3. The van der Waals surface area contributed by atoms with Crippen LogP contribution in [-0.2, 0) is 18.4 Å². The lowest BCUT2D eigenvalue weighted by atomic mass is 10.0. The first-order valence-corrected chi connectivity index (χ1v) is 22.9. The summed E-state index contributed by atoms with van der Waals surface area (Å²) in [6.07, 6.45) is 42.6. The molecule has 52 heavy (non-hydrogen) atoms. The number of amides is 1. The molecule has 0 heterocycles. The first-order valence-electron chi connectivity index (χ1n) is 21.4. The predicted molar refractivity (Wildman–Crippen MR) is 221 cm³/mol. The molecule has 0 saturated heterocycles. The molecule has 0 aliphatic heterocycles. The van der Waals surface area contributed by atoms with E-state index in [4.69, 9.17) is 9.05 Å². The molecular weight excluding hydrogens is 671 g/mol. The van der Waals surface area contributed by atoms with Crippen LogP contribution in [-0.4, -0.2) is 73.4 Å². The minimum atomic E-state index is -4.32. The Hall–Kier alpha value is -1.28. The molecule has 8 nitrogen and oxygen atoms in total. The average molecular weight is 756 g/mol. The summed E-state index contributed by atoms with van der Waals surface area (Å²) in [5, 5.41) is 13.6. The lowest BCUT2D eigenvalue weighted by Crippen LogP contribution is -2.45. The normalized spacial score (nSPS) is 14.8. The summed E-state index contributed by atoms with van der Waals surface area (Å²) < 4.78 is 23.3. The molecule has 3 atom stereocenters. The van der Waals surface area contributed by atoms with Crippen LogP contribution in [0.1, 0.15) is 181 Å². The number of carbonyl (C=O) groups is 1. The molecule has 3 N–H and O–H groups in total. The second-order valence-electron chi connectivity index (χ2n) is 15.7. The molecule has 0 aromatic rings. The number of aliphatic hydroxyl groups excluding tert-OH is 1. The number of likely N-dealkylation sites (N-methyl/N-ethyl adjacent to an activating group) is 1. The van der Waals surface area contributed by atoms with Gasteiger partial charge in [-0.25, -0.2) is 4.57 Å². The van der Waals surface area contributed by atoms with Crippen LogP contribution in [0.15, 0.2) is 36.5 Å². The van der Waals surface area contributed by atoms with Gasteiger partial charge in [0.2, 0.25) is 5.91 Å². The van der Waals surface area contributed by atoms with Crippen LogP contribution in [0.3, 0.4) is 0 Å². The third kappa shape index (κ3) is 37.1. The molecule has 0 saturated carbocycles. The van der Waals surface area contributed by atoms with E-state index in [0.29, 0.717) is 17.4 Å². The first kappa shape index (κ1) is 50.7. The van der Waals surface area contributed by atoms with Crippen molar-refractivity contribution in [1.29, 1.82) is 0 Å². The van der Waals surface area contributed by atoms with Gasteiger partial charge in [0.05, 0.1) is 39.9 Å². The molecule has 0 radical (unpaired) electrons. The van der Waals surface area contributed by atoms with E-state index < -0.39 is 20.0 Å². The Morgan fingerprint density at radius 3 is 1.62 bits per heavy atom. The quantitative estimate of drug-likeness (QED) is 0.0251. The average Bonchev–Trinajstić information content (AvgIpc) is 3.09. The molecule has 3 unspecified atom stereocenters. The molecule has 0 fully saturated rings. The van der Waals surface area contributed by atoms with Gasteiger partial charge in [-0.05, 0) is 51.4 Å². The summed E-state index contributed by atoms with van der Waals surface area (Å²) >= 11 is 0. The van der Waals surface area contributed by atoms with E-state index in [2.05, 4.69) is 43.5 Å². The number of hydrogen-bond acceptors (Lipinski definition) is 5. The van der Waals surface area contributed by atoms with Crippen molar-refractivity contribution in [3.63, 3.8) is 0 Å². The smallest absolute Gasteiger partial charge is 0.387 e. The highest BCUT2D eigenvalue weighted by Crippen LogP contribution is 2.43. The number of allylic oxidation sites excluding steroid dienone is 5. The van der Waals surface area contributed by atoms with Crippen molar-refractivity contribution in [1.82, 2.24) is 5.32 Å². The van der Waals surface area contributed by atoms with Gasteiger partial charge in [0.25, 0.3) is 0 Å². The number of phosphoric acid groups is 1. The second kappa shape index (κ2) is 35.4. The van der Waals surface area contributed by atoms with Crippen LogP contribution >= 0.6 is 7.82 Å². The van der Waals surface area contributed by atoms with Gasteiger partial charge >= 0.3 is 7.82 Å². The number of aliphatic hydroxyl groups is 1. The van der Waals surface area contributed by atoms with Gasteiger partial charge in [-0.1, -0.05) is 159 Å². The number of nitrogens with zero attached hydrogens (tertiary/aromatic N) is 1. The number of unbranched alkanes of at least 4 members (excludes halogenated alkanes) is 21. The zero-order valence-corrected chi connectivity index (χ0v) is 35.4. The van der Waals surface area contributed by atoms with E-state index in [-0.39, 0.29) is 19.1 Å². The standard InChI is InChI=1S/C43H83N2O6P/c1-6-8-10-12-13-14-15-16-17-18-19-20-21-22-23-24-25-26-27-28-29-30-31-33-35-37-43(47)44-41(42(46)36-34-32-11-9-7-2)40-51-52(48,49)50-39-38-45(3,4)5/h15-16,18-19,34,36,41-42,46H,6-14,17,20-33,35,37-40H2,1-5H3,(H-,44,47,48,49)/p+1/b16-15-,19-18-,36-34+. The van der Waals surface area contributed by atoms with E-state index in [1.54, 1.807) is 6.08 Å². The maximum atomic E-state index is 12.7. The number of nitrogens with one attached hydrogen (secondary N) is 1. The Bertz CT molecular complexity index is 948. The summed E-state index contributed by atoms with van der Waals surface area (Å²) in [6, 6.07) is -0.841. The van der Waals surface area contributed by atoms with E-state index in [1.165, 1.54) is 109 Å². The molecule has 0 aromatic carbocycles. The van der Waals surface area contributed by atoms with Crippen molar-refractivity contribution in [3.8, 4) is 0 Å². The first-order chi connectivity index (χ1) is 25.0. The fraction of sp³-hybridized carbons (Fsp3) is 0.837. The van der Waals surface area contributed by atoms with Crippen LogP contribution in [0.4, 0.5) is 0 Å². The SMILES string of the molecule is CCCCC/C=C/C(O)C(COP(=O)(O)OCC[N+](C)(C)C)NC(=O)CCCCCCCCCCCCCCC/C=C\C/C=C\CCCCCCC. The summed E-state index contributed by atoms with van der Waals surface area (Å²) in [6.45, 7) is 4.68. The van der Waals surface area contributed by atoms with Gasteiger partial charge in [0.15, 0.2) is 0 Å². The highest BCUT2D eigenvalue weighted by Gasteiger charge is 2.27. The number of quaternary nitrogens is 1. The number of carbonyl (C=O) groups excluding carboxylic acids is 1. The van der Waals surface area contributed by atoms with Crippen molar-refractivity contribution in [2.45, 2.75) is 193 Å². The van der Waals surface area contributed by atoms with E-state index in [9.17, 15) is 19.4 Å². The van der Waals surface area contributed by atoms with Gasteiger partial charge < -0.3 is 19.8 Å². The summed E-state index contributed by atoms with van der Waals surface area (Å²) in [4.78, 5) is 22.9.